The fraction of sp³-hybridized carbons (Fsp3) is 0.941. The molecule has 1 fully saturated rings. The quantitative estimate of drug-likeness (QED) is 0.709. The summed E-state index contributed by atoms with van der Waals surface area (Å²) in [6, 6.07) is 0.429. The Morgan fingerprint density at radius 2 is 2.00 bits per heavy atom. The van der Waals surface area contributed by atoms with Crippen LogP contribution in [0.15, 0.2) is 0 Å². The highest BCUT2D eigenvalue weighted by Crippen LogP contribution is 2.18. The van der Waals surface area contributed by atoms with Crippen molar-refractivity contribution in [2.45, 2.75) is 58.9 Å². The summed E-state index contributed by atoms with van der Waals surface area (Å²) < 4.78 is 0. The van der Waals surface area contributed by atoms with Gasteiger partial charge in [-0.3, -0.25) is 4.79 Å². The van der Waals surface area contributed by atoms with Crippen molar-refractivity contribution >= 4 is 5.91 Å². The monoisotopic (exact) mass is 297 g/mol. The Morgan fingerprint density at radius 1 is 1.33 bits per heavy atom. The van der Waals surface area contributed by atoms with Crippen LogP contribution in [0.2, 0.25) is 0 Å². The molecule has 1 aliphatic heterocycles. The second-order valence-corrected chi connectivity index (χ2v) is 6.63. The van der Waals surface area contributed by atoms with Crippen LogP contribution in [0.1, 0.15) is 52.9 Å². The van der Waals surface area contributed by atoms with Gasteiger partial charge < -0.3 is 15.1 Å². The summed E-state index contributed by atoms with van der Waals surface area (Å²) in [5, 5.41) is 3.30. The highest BCUT2D eigenvalue weighted by Gasteiger charge is 2.23. The van der Waals surface area contributed by atoms with Crippen molar-refractivity contribution in [2.24, 2.45) is 5.92 Å². The van der Waals surface area contributed by atoms with Crippen LogP contribution in [0.25, 0.3) is 0 Å². The van der Waals surface area contributed by atoms with Gasteiger partial charge in [0.15, 0.2) is 0 Å². The largest absolute Gasteiger partial charge is 0.342 e. The first kappa shape index (κ1) is 18.4. The second kappa shape index (κ2) is 10.2. The number of amides is 1. The van der Waals surface area contributed by atoms with Gasteiger partial charge in [0.05, 0.1) is 6.54 Å². The van der Waals surface area contributed by atoms with E-state index in [4.69, 9.17) is 0 Å². The molecular formula is C17H35N3O. The zero-order valence-corrected chi connectivity index (χ0v) is 14.5. The Hall–Kier alpha value is -0.610. The van der Waals surface area contributed by atoms with E-state index in [0.29, 0.717) is 12.6 Å². The van der Waals surface area contributed by atoms with Crippen molar-refractivity contribution in [1.82, 2.24) is 15.1 Å². The molecule has 21 heavy (non-hydrogen) atoms. The molecule has 4 heteroatoms. The molecule has 1 atom stereocenters. The number of likely N-dealkylation sites (tertiary alicyclic amines) is 1. The maximum absolute atomic E-state index is 12.1. The van der Waals surface area contributed by atoms with E-state index in [9.17, 15) is 4.79 Å². The molecule has 0 bridgehead atoms. The number of piperidine rings is 1. The van der Waals surface area contributed by atoms with Crippen molar-refractivity contribution in [3.8, 4) is 0 Å². The van der Waals surface area contributed by atoms with Gasteiger partial charge in [-0.2, -0.15) is 0 Å². The lowest BCUT2D eigenvalue weighted by Gasteiger charge is -2.34. The summed E-state index contributed by atoms with van der Waals surface area (Å²) in [4.78, 5) is 16.6. The lowest BCUT2D eigenvalue weighted by atomic mass is 9.96. The van der Waals surface area contributed by atoms with E-state index in [2.05, 4.69) is 38.0 Å². The van der Waals surface area contributed by atoms with Gasteiger partial charge in [0.25, 0.3) is 0 Å². The van der Waals surface area contributed by atoms with Crippen LogP contribution in [0.3, 0.4) is 0 Å². The molecule has 1 unspecified atom stereocenters. The third-order valence-electron chi connectivity index (χ3n) is 4.64. The highest BCUT2D eigenvalue weighted by molar-refractivity contribution is 5.78. The van der Waals surface area contributed by atoms with Gasteiger partial charge in [0.2, 0.25) is 5.91 Å². The summed E-state index contributed by atoms with van der Waals surface area (Å²) in [6.45, 7) is 11.3. The first-order chi connectivity index (χ1) is 10.1. The maximum Gasteiger partial charge on any atom is 0.236 e. The topological polar surface area (TPSA) is 35.6 Å². The van der Waals surface area contributed by atoms with Crippen molar-refractivity contribution in [1.29, 1.82) is 0 Å². The molecular weight excluding hydrogens is 262 g/mol. The summed E-state index contributed by atoms with van der Waals surface area (Å²) in [7, 11) is 2.23. The van der Waals surface area contributed by atoms with Gasteiger partial charge in [-0.15, -0.1) is 0 Å². The predicted octanol–water partition coefficient (Wildman–Crippen LogP) is 2.34. The smallest absolute Gasteiger partial charge is 0.236 e. The van der Waals surface area contributed by atoms with Crippen molar-refractivity contribution in [3.63, 3.8) is 0 Å². The summed E-state index contributed by atoms with van der Waals surface area (Å²) in [5.41, 5.74) is 0. The van der Waals surface area contributed by atoms with E-state index in [1.54, 1.807) is 0 Å². The van der Waals surface area contributed by atoms with Crippen molar-refractivity contribution < 1.29 is 4.79 Å². The molecule has 4 nitrogen and oxygen atoms in total. The van der Waals surface area contributed by atoms with E-state index in [-0.39, 0.29) is 5.91 Å². The minimum atomic E-state index is 0.271. The molecule has 0 aromatic heterocycles. The Labute approximate surface area is 131 Å². The third kappa shape index (κ3) is 7.28. The molecule has 124 valence electrons. The molecule has 1 N–H and O–H groups in total. The van der Waals surface area contributed by atoms with Gasteiger partial charge in [-0.25, -0.2) is 0 Å². The van der Waals surface area contributed by atoms with Gasteiger partial charge >= 0.3 is 0 Å². The Bertz CT molecular complexity index is 288. The number of nitrogens with one attached hydrogen (secondary N) is 1. The standard InChI is InChI=1S/C17H35N3O/c1-5-7-10-19(4)14-16-8-11-20(12-9-16)17(21)13-18-15(3)6-2/h15-16,18H,5-14H2,1-4H3. The van der Waals surface area contributed by atoms with Crippen LogP contribution in [0.5, 0.6) is 0 Å². The van der Waals surface area contributed by atoms with Crippen LogP contribution < -0.4 is 5.32 Å². The summed E-state index contributed by atoms with van der Waals surface area (Å²) in [5.74, 6) is 1.03. The van der Waals surface area contributed by atoms with Crippen LogP contribution in [0, 0.1) is 5.92 Å². The van der Waals surface area contributed by atoms with Crippen LogP contribution in [0.4, 0.5) is 0 Å². The van der Waals surface area contributed by atoms with E-state index >= 15 is 0 Å². The van der Waals surface area contributed by atoms with Crippen molar-refractivity contribution in [3.05, 3.63) is 0 Å². The fourth-order valence-electron chi connectivity index (χ4n) is 2.84. The van der Waals surface area contributed by atoms with E-state index in [1.807, 2.05) is 4.90 Å². The van der Waals surface area contributed by atoms with Crippen LogP contribution in [-0.4, -0.2) is 61.5 Å². The predicted molar refractivity (Wildman–Crippen MR) is 89.5 cm³/mol. The third-order valence-corrected chi connectivity index (χ3v) is 4.64. The Balaban J connectivity index is 2.20. The summed E-state index contributed by atoms with van der Waals surface area (Å²) >= 11 is 0. The molecule has 0 aromatic carbocycles. The minimum Gasteiger partial charge on any atom is -0.342 e. The zero-order valence-electron chi connectivity index (χ0n) is 14.5. The fourth-order valence-corrected chi connectivity index (χ4v) is 2.84. The number of carbonyl (C=O) groups is 1. The van der Waals surface area contributed by atoms with Crippen LogP contribution in [-0.2, 0) is 4.79 Å². The molecule has 1 saturated heterocycles. The molecule has 0 aromatic rings. The number of hydrogen-bond donors (Lipinski definition) is 1. The number of rotatable bonds is 9. The molecule has 0 spiro atoms. The van der Waals surface area contributed by atoms with Gasteiger partial charge in [0, 0.05) is 25.7 Å². The SMILES string of the molecule is CCCCN(C)CC1CCN(C(=O)CNC(C)CC)CC1. The Kier molecular flexibility index (Phi) is 8.93. The molecule has 1 rings (SSSR count). The lowest BCUT2D eigenvalue weighted by molar-refractivity contribution is -0.131. The number of nitrogens with zero attached hydrogens (tertiary/aromatic N) is 2. The first-order valence-electron chi connectivity index (χ1n) is 8.76. The second-order valence-electron chi connectivity index (χ2n) is 6.63. The van der Waals surface area contributed by atoms with Crippen molar-refractivity contribution in [2.75, 3.05) is 39.8 Å². The van der Waals surface area contributed by atoms with E-state index in [1.165, 1.54) is 25.9 Å². The minimum absolute atomic E-state index is 0.271. The average Bonchev–Trinajstić information content (AvgIpc) is 2.50. The lowest BCUT2D eigenvalue weighted by Crippen LogP contribution is -2.45. The molecule has 0 aliphatic carbocycles. The first-order valence-corrected chi connectivity index (χ1v) is 8.76. The van der Waals surface area contributed by atoms with Gasteiger partial charge in [-0.1, -0.05) is 20.3 Å². The maximum atomic E-state index is 12.1. The molecule has 1 aliphatic rings. The molecule has 0 saturated carbocycles. The highest BCUT2D eigenvalue weighted by atomic mass is 16.2. The molecule has 1 heterocycles. The number of hydrogen-bond acceptors (Lipinski definition) is 3. The van der Waals surface area contributed by atoms with Gasteiger partial charge in [0.1, 0.15) is 0 Å². The zero-order chi connectivity index (χ0) is 15.7. The number of unbranched alkanes of at least 4 members (excludes halogenated alkanes) is 1. The molecule has 0 radical (unpaired) electrons. The van der Waals surface area contributed by atoms with E-state index in [0.717, 1.165) is 38.3 Å². The average molecular weight is 297 g/mol. The Morgan fingerprint density at radius 3 is 2.57 bits per heavy atom. The summed E-state index contributed by atoms with van der Waals surface area (Å²) in [6.07, 6.45) is 5.94. The molecule has 1 amide bonds. The number of carbonyl (C=O) groups excluding carboxylic acids is 1. The van der Waals surface area contributed by atoms with Gasteiger partial charge in [-0.05, 0) is 52.1 Å². The normalized spacial score (nSPS) is 18.2. The van der Waals surface area contributed by atoms with Crippen LogP contribution >= 0.6 is 0 Å². The van der Waals surface area contributed by atoms with E-state index < -0.39 is 0 Å².